The lowest BCUT2D eigenvalue weighted by Crippen LogP contribution is -2.58. The van der Waals surface area contributed by atoms with Crippen LogP contribution < -0.4 is 0 Å². The van der Waals surface area contributed by atoms with Crippen molar-refractivity contribution in [3.05, 3.63) is 65.3 Å². The Labute approximate surface area is 260 Å². The molecule has 1 aromatic carbocycles. The molecule has 4 aliphatic carbocycles. The first-order chi connectivity index (χ1) is 20.1. The molecule has 0 N–H and O–H groups in total. The first-order valence-electron chi connectivity index (χ1n) is 16.4. The van der Waals surface area contributed by atoms with Crippen LogP contribution >= 0.6 is 0 Å². The second kappa shape index (κ2) is 11.6. The minimum absolute atomic E-state index is 0.159. The van der Waals surface area contributed by atoms with Gasteiger partial charge in [-0.2, -0.15) is 8.42 Å². The van der Waals surface area contributed by atoms with Gasteiger partial charge in [-0.05, 0) is 97.3 Å². The van der Waals surface area contributed by atoms with Crippen LogP contribution in [0.2, 0.25) is 0 Å². The number of aryl methyl sites for hydroxylation is 1. The average molecular weight is 609 g/mol. The van der Waals surface area contributed by atoms with Gasteiger partial charge in [-0.3, -0.25) is 8.98 Å². The Morgan fingerprint density at radius 1 is 0.977 bits per heavy atom. The van der Waals surface area contributed by atoms with Gasteiger partial charge in [0, 0.05) is 25.2 Å². The fraction of sp³-hybridized carbons (Fsp3) is 0.649. The normalized spacial score (nSPS) is 35.4. The van der Waals surface area contributed by atoms with E-state index >= 15 is 0 Å². The summed E-state index contributed by atoms with van der Waals surface area (Å²) in [4.78, 5) is 12.7. The number of carbonyl (C=O) groups excluding carboxylic acids is 1. The number of esters is 1. The predicted molar refractivity (Wildman–Crippen MR) is 172 cm³/mol. The highest BCUT2D eigenvalue weighted by Gasteiger charge is 2.62. The van der Waals surface area contributed by atoms with Crippen LogP contribution in [0.3, 0.4) is 0 Å². The summed E-state index contributed by atoms with van der Waals surface area (Å²) in [6, 6.07) is 6.74. The van der Waals surface area contributed by atoms with Crippen molar-refractivity contribution in [3.63, 3.8) is 0 Å². The third kappa shape index (κ3) is 5.72. The van der Waals surface area contributed by atoms with Crippen molar-refractivity contribution >= 4 is 16.1 Å². The molecule has 2 saturated carbocycles. The van der Waals surface area contributed by atoms with E-state index in [1.165, 1.54) is 30.9 Å². The van der Waals surface area contributed by atoms with Crippen LogP contribution in [-0.2, 0) is 23.8 Å². The molecule has 0 amide bonds. The van der Waals surface area contributed by atoms with E-state index in [1.807, 2.05) is 6.92 Å². The van der Waals surface area contributed by atoms with E-state index in [0.717, 1.165) is 12.0 Å². The zero-order valence-corrected chi connectivity index (χ0v) is 28.3. The van der Waals surface area contributed by atoms with Crippen molar-refractivity contribution in [2.24, 2.45) is 40.4 Å². The monoisotopic (exact) mass is 608 g/mol. The molecular formula is C37H52O5S. The van der Waals surface area contributed by atoms with Gasteiger partial charge >= 0.3 is 5.97 Å². The number of hydrogen-bond acceptors (Lipinski definition) is 5. The Morgan fingerprint density at radius 3 is 2.33 bits per heavy atom. The number of carbonyl (C=O) groups is 1. The van der Waals surface area contributed by atoms with Crippen molar-refractivity contribution in [3.8, 4) is 0 Å². The summed E-state index contributed by atoms with van der Waals surface area (Å²) in [5.41, 5.74) is 2.71. The van der Waals surface area contributed by atoms with Crippen molar-refractivity contribution < 1.29 is 22.1 Å². The molecule has 0 unspecified atom stereocenters. The molecule has 43 heavy (non-hydrogen) atoms. The summed E-state index contributed by atoms with van der Waals surface area (Å²) in [5, 5.41) is 0. The quantitative estimate of drug-likeness (QED) is 0.168. The molecule has 0 aromatic heterocycles. The third-order valence-corrected chi connectivity index (χ3v) is 13.3. The molecule has 5 nitrogen and oxygen atoms in total. The van der Waals surface area contributed by atoms with Gasteiger partial charge in [0.2, 0.25) is 0 Å². The smallest absolute Gasteiger partial charge is 0.303 e. The van der Waals surface area contributed by atoms with Gasteiger partial charge in [0.1, 0.15) is 5.60 Å². The maximum absolute atomic E-state index is 13.2. The number of rotatable bonds is 8. The second-order valence-corrected chi connectivity index (χ2v) is 16.5. The van der Waals surface area contributed by atoms with E-state index in [9.17, 15) is 13.2 Å². The molecule has 4 aliphatic rings. The van der Waals surface area contributed by atoms with Gasteiger partial charge < -0.3 is 4.74 Å². The van der Waals surface area contributed by atoms with Crippen LogP contribution in [0.25, 0.3) is 0 Å². The number of benzene rings is 1. The molecule has 0 heterocycles. The van der Waals surface area contributed by atoms with Gasteiger partial charge in [-0.15, -0.1) is 0 Å². The lowest BCUT2D eigenvalue weighted by Gasteiger charge is -2.58. The van der Waals surface area contributed by atoms with E-state index in [4.69, 9.17) is 8.92 Å². The molecule has 0 aliphatic heterocycles. The van der Waals surface area contributed by atoms with Crippen molar-refractivity contribution in [1.29, 1.82) is 0 Å². The molecular weight excluding hydrogens is 556 g/mol. The summed E-state index contributed by atoms with van der Waals surface area (Å²) >= 11 is 0. The standard InChI is InChI=1S/C37H52O5S/c1-24(2)26(4)11-12-27(5)32-15-16-33-31-18-22-37(41-28(6)38)23-29(42-43(39,40)30-13-9-25(3)10-14-30)17-21-36(37,8)34(31)19-20-35(32,33)7/h9-14,18-19,24,26-27,29,32-33H,15-17,20-23H2,1-8H3/b12-11+/t26-,27+,29+,32+,33+,35-,36-,37+/m0/s1. The Kier molecular flexibility index (Phi) is 8.72. The third-order valence-electron chi connectivity index (χ3n) is 11.9. The molecule has 0 radical (unpaired) electrons. The highest BCUT2D eigenvalue weighted by atomic mass is 32.2. The van der Waals surface area contributed by atoms with Crippen LogP contribution in [0.5, 0.6) is 0 Å². The number of fused-ring (bicyclic) bond motifs is 5. The molecule has 0 saturated heterocycles. The molecule has 8 atom stereocenters. The molecule has 2 fully saturated rings. The average Bonchev–Trinajstić information content (AvgIpc) is 3.29. The molecule has 0 spiro atoms. The van der Waals surface area contributed by atoms with Crippen molar-refractivity contribution in [1.82, 2.24) is 0 Å². The van der Waals surface area contributed by atoms with E-state index in [2.05, 4.69) is 65.8 Å². The van der Waals surface area contributed by atoms with Crippen molar-refractivity contribution in [2.45, 2.75) is 117 Å². The predicted octanol–water partition coefficient (Wildman–Crippen LogP) is 8.74. The van der Waals surface area contributed by atoms with E-state index in [-0.39, 0.29) is 16.3 Å². The van der Waals surface area contributed by atoms with Gasteiger partial charge in [0.25, 0.3) is 10.1 Å². The fourth-order valence-electron chi connectivity index (χ4n) is 8.89. The van der Waals surface area contributed by atoms with Crippen LogP contribution in [0, 0.1) is 47.3 Å². The Balaban J connectivity index is 1.42. The largest absolute Gasteiger partial charge is 0.458 e. The highest BCUT2D eigenvalue weighted by molar-refractivity contribution is 7.86. The van der Waals surface area contributed by atoms with Gasteiger partial charge in [0.15, 0.2) is 0 Å². The van der Waals surface area contributed by atoms with E-state index in [1.54, 1.807) is 24.3 Å². The minimum atomic E-state index is -3.94. The summed E-state index contributed by atoms with van der Waals surface area (Å²) in [6.45, 7) is 17.4. The summed E-state index contributed by atoms with van der Waals surface area (Å²) in [7, 11) is -3.94. The van der Waals surface area contributed by atoms with Crippen LogP contribution in [0.15, 0.2) is 64.6 Å². The zero-order valence-electron chi connectivity index (χ0n) is 27.5. The maximum atomic E-state index is 13.2. The highest BCUT2D eigenvalue weighted by Crippen LogP contribution is 2.66. The summed E-state index contributed by atoms with van der Waals surface area (Å²) in [5.74, 6) is 2.52. The van der Waals surface area contributed by atoms with Gasteiger partial charge in [-0.1, -0.05) is 83.5 Å². The summed E-state index contributed by atoms with van der Waals surface area (Å²) < 4.78 is 38.5. The fourth-order valence-corrected chi connectivity index (χ4v) is 9.99. The van der Waals surface area contributed by atoms with Crippen LogP contribution in [0.4, 0.5) is 0 Å². The van der Waals surface area contributed by atoms with Gasteiger partial charge in [-0.25, -0.2) is 0 Å². The topological polar surface area (TPSA) is 69.7 Å². The SMILES string of the molecule is CC(=O)O[C@@]12CC=C3C(=CC[C@]4(C)[C@@H]3CC[C@@H]4[C@H](C)/C=C/[C@H](C)C(C)C)[C@]1(C)CC[C@@H](OS(=O)(=O)c1ccc(C)cc1)C2. The molecule has 5 rings (SSSR count). The number of allylic oxidation sites excluding steroid dienone is 4. The van der Waals surface area contributed by atoms with Crippen LogP contribution in [-0.4, -0.2) is 26.1 Å². The first-order valence-corrected chi connectivity index (χ1v) is 17.8. The number of ether oxygens (including phenoxy) is 1. The Hall–Kier alpha value is -2.18. The summed E-state index contributed by atoms with van der Waals surface area (Å²) in [6.07, 6.45) is 14.8. The lowest BCUT2D eigenvalue weighted by molar-refractivity contribution is -0.184. The molecule has 1 aromatic rings. The van der Waals surface area contributed by atoms with Gasteiger partial charge in [0.05, 0.1) is 11.0 Å². The van der Waals surface area contributed by atoms with Crippen molar-refractivity contribution in [2.75, 3.05) is 0 Å². The number of hydrogen-bond donors (Lipinski definition) is 0. The van der Waals surface area contributed by atoms with Crippen LogP contribution in [0.1, 0.15) is 99.0 Å². The Morgan fingerprint density at radius 2 is 1.67 bits per heavy atom. The lowest BCUT2D eigenvalue weighted by atomic mass is 9.50. The van der Waals surface area contributed by atoms with E-state index < -0.39 is 27.2 Å². The second-order valence-electron chi connectivity index (χ2n) is 14.9. The maximum Gasteiger partial charge on any atom is 0.303 e. The molecule has 6 heteroatoms. The van der Waals surface area contributed by atoms with E-state index in [0.29, 0.717) is 55.3 Å². The minimum Gasteiger partial charge on any atom is -0.458 e. The zero-order chi connectivity index (χ0) is 31.4. The molecule has 0 bridgehead atoms. The Bertz CT molecular complexity index is 1420. The molecule has 236 valence electrons. The first kappa shape index (κ1) is 32.2.